The minimum absolute atomic E-state index is 0.134. The first-order chi connectivity index (χ1) is 31.1. The van der Waals surface area contributed by atoms with Crippen molar-refractivity contribution < 1.29 is 47.5 Å². The Bertz CT molecular complexity index is 1270. The number of hydrogen-bond acceptors (Lipinski definition) is 9. The van der Waals surface area contributed by atoms with Gasteiger partial charge in [-0.2, -0.15) is 0 Å². The van der Waals surface area contributed by atoms with Gasteiger partial charge in [-0.05, 0) is 51.4 Å². The molecule has 0 saturated heterocycles. The number of ether oxygens (including phenoxy) is 2. The Morgan fingerprint density at radius 1 is 0.500 bits per heavy atom. The van der Waals surface area contributed by atoms with Gasteiger partial charge in [0.1, 0.15) is 12.6 Å². The quantitative estimate of drug-likeness (QED) is 0.0229. The smallest absolute Gasteiger partial charge is 0.472 e. The van der Waals surface area contributed by atoms with Crippen LogP contribution in [0, 0.1) is 0 Å². The van der Waals surface area contributed by atoms with E-state index in [0.717, 1.165) is 70.6 Å². The summed E-state index contributed by atoms with van der Waals surface area (Å²) in [6, 6.07) is -1.53. The van der Waals surface area contributed by atoms with Crippen LogP contribution in [0.1, 0.15) is 232 Å². The molecule has 0 spiro atoms. The molecule has 3 atom stereocenters. The minimum Gasteiger partial charge on any atom is -0.480 e. The summed E-state index contributed by atoms with van der Waals surface area (Å²) in [6.07, 6.45) is 54.7. The van der Waals surface area contributed by atoms with Crippen LogP contribution in [0.25, 0.3) is 0 Å². The van der Waals surface area contributed by atoms with E-state index in [2.05, 4.69) is 67.0 Å². The summed E-state index contributed by atoms with van der Waals surface area (Å²) in [5, 5.41) is 8.92. The first-order valence-electron chi connectivity index (χ1n) is 25.7. The molecule has 0 aliphatic carbocycles. The van der Waals surface area contributed by atoms with E-state index in [4.69, 9.17) is 24.8 Å². The Labute approximate surface area is 390 Å². The lowest BCUT2D eigenvalue weighted by molar-refractivity contribution is -0.161. The van der Waals surface area contributed by atoms with Crippen LogP contribution in [0.4, 0.5) is 0 Å². The van der Waals surface area contributed by atoms with Gasteiger partial charge in [0.15, 0.2) is 6.10 Å². The van der Waals surface area contributed by atoms with E-state index < -0.39 is 51.1 Å². The van der Waals surface area contributed by atoms with E-state index >= 15 is 0 Å². The van der Waals surface area contributed by atoms with Crippen molar-refractivity contribution in [1.29, 1.82) is 0 Å². The summed E-state index contributed by atoms with van der Waals surface area (Å²) in [5.74, 6) is -2.40. The molecule has 372 valence electrons. The summed E-state index contributed by atoms with van der Waals surface area (Å²) in [4.78, 5) is 46.2. The molecular weight excluding hydrogens is 830 g/mol. The summed E-state index contributed by atoms with van der Waals surface area (Å²) in [5.41, 5.74) is 5.35. The number of rotatable bonds is 48. The number of carbonyl (C=O) groups excluding carboxylic acids is 2. The van der Waals surface area contributed by atoms with E-state index in [0.29, 0.717) is 12.8 Å². The Hall–Kier alpha value is -2.56. The molecule has 11 nitrogen and oxygen atoms in total. The molecule has 0 heterocycles. The molecule has 0 aromatic rings. The van der Waals surface area contributed by atoms with Gasteiger partial charge in [0, 0.05) is 12.8 Å². The second-order valence-corrected chi connectivity index (χ2v) is 18.7. The fraction of sp³-hybridized carbons (Fsp3) is 0.788. The first-order valence-corrected chi connectivity index (χ1v) is 27.2. The number of carboxylic acid groups (broad SMARTS) is 1. The summed E-state index contributed by atoms with van der Waals surface area (Å²) in [7, 11) is -4.73. The van der Waals surface area contributed by atoms with Crippen LogP contribution in [-0.4, -0.2) is 59.9 Å². The van der Waals surface area contributed by atoms with Crippen LogP contribution in [0.15, 0.2) is 48.6 Å². The molecule has 0 rings (SSSR count). The average Bonchev–Trinajstić information content (AvgIpc) is 3.27. The molecule has 3 unspecified atom stereocenters. The van der Waals surface area contributed by atoms with Crippen molar-refractivity contribution >= 4 is 25.7 Å². The average molecular weight is 924 g/mol. The topological polar surface area (TPSA) is 172 Å². The predicted octanol–water partition coefficient (Wildman–Crippen LogP) is 14.5. The SMILES string of the molecule is CC/C=C\C/C=C\C/C=C\C/C=C\CCCCCCC(=O)OC(COC(=O)CCCCCCCCCCCCCCCCCCCCCCCCC)COP(=O)(O)OCC(N)C(=O)O. The molecule has 12 heteroatoms. The fourth-order valence-electron chi connectivity index (χ4n) is 7.12. The molecule has 0 aromatic carbocycles. The number of phosphoric ester groups is 1. The predicted molar refractivity (Wildman–Crippen MR) is 263 cm³/mol. The number of hydrogen-bond donors (Lipinski definition) is 3. The van der Waals surface area contributed by atoms with Crippen LogP contribution in [0.2, 0.25) is 0 Å². The van der Waals surface area contributed by atoms with Gasteiger partial charge < -0.3 is 25.2 Å². The van der Waals surface area contributed by atoms with Crippen LogP contribution in [-0.2, 0) is 37.5 Å². The van der Waals surface area contributed by atoms with Crippen molar-refractivity contribution in [1.82, 2.24) is 0 Å². The monoisotopic (exact) mass is 924 g/mol. The molecule has 0 amide bonds. The van der Waals surface area contributed by atoms with Gasteiger partial charge in [-0.1, -0.05) is 217 Å². The highest BCUT2D eigenvalue weighted by Gasteiger charge is 2.28. The van der Waals surface area contributed by atoms with Gasteiger partial charge in [-0.3, -0.25) is 23.4 Å². The standard InChI is InChI=1S/C52H94NO10P/c1-3-5-7-9-11-13-15-17-19-21-22-23-24-25-26-28-29-31-33-35-37-39-41-43-50(54)60-45-48(46-61-64(58,59)62-47-49(53)52(56)57)63-51(55)44-42-40-38-36-34-32-30-27-20-18-16-14-12-10-8-6-4-2/h6,8,12,14,18,20,30,32,48-49H,3-5,7,9-11,13,15-17,19,21-29,31,33-47,53H2,1-2H3,(H,56,57)(H,58,59)/b8-6-,14-12-,20-18-,32-30-. The molecule has 0 aliphatic rings. The van der Waals surface area contributed by atoms with Gasteiger partial charge >= 0.3 is 25.7 Å². The zero-order valence-corrected chi connectivity index (χ0v) is 41.5. The number of allylic oxidation sites excluding steroid dienone is 8. The maximum atomic E-state index is 12.7. The van der Waals surface area contributed by atoms with Crippen molar-refractivity contribution in [2.45, 2.75) is 244 Å². The molecule has 0 bridgehead atoms. The van der Waals surface area contributed by atoms with Crippen LogP contribution < -0.4 is 5.73 Å². The third-order valence-corrected chi connectivity index (χ3v) is 12.0. The van der Waals surface area contributed by atoms with Gasteiger partial charge in [0.25, 0.3) is 0 Å². The molecule has 0 aromatic heterocycles. The maximum Gasteiger partial charge on any atom is 0.472 e. The number of esters is 2. The molecule has 64 heavy (non-hydrogen) atoms. The van der Waals surface area contributed by atoms with Gasteiger partial charge in [0.2, 0.25) is 0 Å². The molecule has 0 radical (unpaired) electrons. The molecule has 0 fully saturated rings. The fourth-order valence-corrected chi connectivity index (χ4v) is 7.90. The van der Waals surface area contributed by atoms with Gasteiger partial charge in [-0.25, -0.2) is 4.57 Å². The van der Waals surface area contributed by atoms with Crippen LogP contribution in [0.5, 0.6) is 0 Å². The lowest BCUT2D eigenvalue weighted by atomic mass is 10.0. The number of unbranched alkanes of at least 4 members (excludes halogenated alkanes) is 26. The van der Waals surface area contributed by atoms with Crippen LogP contribution >= 0.6 is 7.82 Å². The van der Waals surface area contributed by atoms with Gasteiger partial charge in [0.05, 0.1) is 13.2 Å². The minimum atomic E-state index is -4.73. The van der Waals surface area contributed by atoms with Crippen molar-refractivity contribution in [3.05, 3.63) is 48.6 Å². The molecule has 0 saturated carbocycles. The zero-order valence-electron chi connectivity index (χ0n) is 40.6. The normalized spacial score (nSPS) is 13.9. The van der Waals surface area contributed by atoms with E-state index in [9.17, 15) is 23.8 Å². The molecule has 0 aliphatic heterocycles. The van der Waals surface area contributed by atoms with Crippen molar-refractivity contribution in [2.24, 2.45) is 5.73 Å². The van der Waals surface area contributed by atoms with E-state index in [1.807, 2.05) is 0 Å². The van der Waals surface area contributed by atoms with E-state index in [1.54, 1.807) is 0 Å². The van der Waals surface area contributed by atoms with Gasteiger partial charge in [-0.15, -0.1) is 0 Å². The number of carbonyl (C=O) groups is 3. The number of phosphoric acid groups is 1. The number of carboxylic acids is 1. The highest BCUT2D eigenvalue weighted by Crippen LogP contribution is 2.43. The van der Waals surface area contributed by atoms with Crippen molar-refractivity contribution in [3.8, 4) is 0 Å². The summed E-state index contributed by atoms with van der Waals surface area (Å²) < 4.78 is 32.8. The number of nitrogens with two attached hydrogens (primary N) is 1. The third kappa shape index (κ3) is 46.0. The number of aliphatic carboxylic acids is 1. The lowest BCUT2D eigenvalue weighted by Gasteiger charge is -2.20. The second-order valence-electron chi connectivity index (χ2n) is 17.3. The lowest BCUT2D eigenvalue weighted by Crippen LogP contribution is -2.34. The first kappa shape index (κ1) is 61.4. The Balaban J connectivity index is 4.22. The Morgan fingerprint density at radius 2 is 0.875 bits per heavy atom. The van der Waals surface area contributed by atoms with Crippen molar-refractivity contribution in [2.75, 3.05) is 19.8 Å². The highest BCUT2D eigenvalue weighted by molar-refractivity contribution is 7.47. The van der Waals surface area contributed by atoms with E-state index in [1.165, 1.54) is 122 Å². The Morgan fingerprint density at radius 3 is 1.31 bits per heavy atom. The molecular formula is C52H94NO10P. The van der Waals surface area contributed by atoms with Crippen molar-refractivity contribution in [3.63, 3.8) is 0 Å². The maximum absolute atomic E-state index is 12.7. The third-order valence-electron chi connectivity index (χ3n) is 11.1. The van der Waals surface area contributed by atoms with Crippen LogP contribution in [0.3, 0.4) is 0 Å². The Kier molecular flexibility index (Phi) is 45.1. The zero-order chi connectivity index (χ0) is 47.0. The molecule has 4 N–H and O–H groups in total. The summed E-state index contributed by atoms with van der Waals surface area (Å²) in [6.45, 7) is 2.70. The largest absolute Gasteiger partial charge is 0.480 e. The van der Waals surface area contributed by atoms with E-state index in [-0.39, 0.29) is 19.4 Å². The highest BCUT2D eigenvalue weighted by atomic mass is 31.2. The second kappa shape index (κ2) is 47.0. The summed E-state index contributed by atoms with van der Waals surface area (Å²) >= 11 is 0.